The zero-order chi connectivity index (χ0) is 21.7. The van der Waals surface area contributed by atoms with E-state index in [4.69, 9.17) is 9.47 Å². The Morgan fingerprint density at radius 3 is 2.17 bits per heavy atom. The number of non-ortho nitro benzene ring substituents is 1. The van der Waals surface area contributed by atoms with Gasteiger partial charge in [-0.25, -0.2) is 4.79 Å². The van der Waals surface area contributed by atoms with Gasteiger partial charge in [0.2, 0.25) is 0 Å². The third-order valence-electron chi connectivity index (χ3n) is 3.97. The minimum absolute atomic E-state index is 0.0472. The monoisotopic (exact) mass is 471 g/mol. The third-order valence-corrected chi connectivity index (χ3v) is 4.47. The summed E-state index contributed by atoms with van der Waals surface area (Å²) in [5.74, 6) is -0.665. The number of halogens is 1. The standard InChI is InChI=1S/C21H14BrNO7/c22-14-3-10-19(24)18(11-14)21(26)29-12-20(25)13-1-6-16(7-2-13)30-17-8-4-15(5-9-17)23(27)28/h1-11,24H,12H2. The normalized spacial score (nSPS) is 10.3. The number of esters is 1. The minimum Gasteiger partial charge on any atom is -0.507 e. The molecule has 30 heavy (non-hydrogen) atoms. The van der Waals surface area contributed by atoms with E-state index < -0.39 is 23.3 Å². The summed E-state index contributed by atoms with van der Waals surface area (Å²) >= 11 is 3.19. The van der Waals surface area contributed by atoms with Gasteiger partial charge >= 0.3 is 5.97 Å². The number of nitro groups is 1. The van der Waals surface area contributed by atoms with Crippen LogP contribution in [0.15, 0.2) is 71.2 Å². The van der Waals surface area contributed by atoms with Gasteiger partial charge in [-0.05, 0) is 54.6 Å². The van der Waals surface area contributed by atoms with Crippen molar-refractivity contribution in [3.63, 3.8) is 0 Å². The van der Waals surface area contributed by atoms with Crippen molar-refractivity contribution in [3.8, 4) is 17.2 Å². The van der Waals surface area contributed by atoms with Crippen molar-refractivity contribution >= 4 is 33.4 Å². The molecule has 3 aromatic rings. The molecule has 152 valence electrons. The summed E-state index contributed by atoms with van der Waals surface area (Å²) in [6, 6.07) is 16.0. The lowest BCUT2D eigenvalue weighted by Gasteiger charge is -2.08. The third kappa shape index (κ3) is 5.21. The van der Waals surface area contributed by atoms with Gasteiger partial charge in [-0.3, -0.25) is 14.9 Å². The molecule has 0 atom stereocenters. The minimum atomic E-state index is -0.819. The molecule has 0 unspecified atom stereocenters. The summed E-state index contributed by atoms with van der Waals surface area (Å²) in [5.41, 5.74) is 0.204. The van der Waals surface area contributed by atoms with Crippen LogP contribution < -0.4 is 4.74 Å². The highest BCUT2D eigenvalue weighted by atomic mass is 79.9. The number of nitrogens with zero attached hydrogens (tertiary/aromatic N) is 1. The van der Waals surface area contributed by atoms with Crippen LogP contribution in [-0.2, 0) is 4.74 Å². The van der Waals surface area contributed by atoms with Crippen molar-refractivity contribution in [2.24, 2.45) is 0 Å². The fourth-order valence-corrected chi connectivity index (χ4v) is 2.81. The predicted octanol–water partition coefficient (Wildman–Crippen LogP) is 4.89. The van der Waals surface area contributed by atoms with E-state index in [1.807, 2.05) is 0 Å². The first-order valence-electron chi connectivity index (χ1n) is 8.54. The summed E-state index contributed by atoms with van der Waals surface area (Å²) < 4.78 is 11.1. The predicted molar refractivity (Wildman–Crippen MR) is 110 cm³/mol. The van der Waals surface area contributed by atoms with Crippen LogP contribution in [0.25, 0.3) is 0 Å². The molecule has 3 rings (SSSR count). The van der Waals surface area contributed by atoms with E-state index in [9.17, 15) is 24.8 Å². The first-order chi connectivity index (χ1) is 14.3. The molecule has 0 aliphatic heterocycles. The number of ether oxygens (including phenoxy) is 2. The Kier molecular flexibility index (Phi) is 6.43. The summed E-state index contributed by atoms with van der Waals surface area (Å²) in [5, 5.41) is 20.4. The van der Waals surface area contributed by atoms with E-state index in [0.29, 0.717) is 21.5 Å². The number of hydrogen-bond donors (Lipinski definition) is 1. The number of carbonyl (C=O) groups is 2. The van der Waals surface area contributed by atoms with Crippen molar-refractivity contribution in [2.75, 3.05) is 6.61 Å². The summed E-state index contributed by atoms with van der Waals surface area (Å²) in [4.78, 5) is 34.5. The molecule has 9 heteroatoms. The second-order valence-electron chi connectivity index (χ2n) is 6.04. The Morgan fingerprint density at radius 1 is 0.967 bits per heavy atom. The smallest absolute Gasteiger partial charge is 0.342 e. The van der Waals surface area contributed by atoms with E-state index in [1.165, 1.54) is 48.5 Å². The highest BCUT2D eigenvalue weighted by Crippen LogP contribution is 2.25. The molecular formula is C21H14BrNO7. The number of benzene rings is 3. The number of Topliss-reactive ketones (excluding diaryl/α,β-unsaturated/α-hetero) is 1. The topological polar surface area (TPSA) is 116 Å². The van der Waals surface area contributed by atoms with Crippen LogP contribution in [0, 0.1) is 10.1 Å². The van der Waals surface area contributed by atoms with Crippen molar-refractivity contribution in [3.05, 3.63) is 92.4 Å². The maximum atomic E-state index is 12.2. The van der Waals surface area contributed by atoms with Crippen molar-refractivity contribution < 1.29 is 29.1 Å². The van der Waals surface area contributed by atoms with Crippen LogP contribution in [0.2, 0.25) is 0 Å². The molecule has 1 N–H and O–H groups in total. The zero-order valence-corrected chi connectivity index (χ0v) is 16.9. The largest absolute Gasteiger partial charge is 0.507 e. The van der Waals surface area contributed by atoms with Crippen molar-refractivity contribution in [2.45, 2.75) is 0 Å². The van der Waals surface area contributed by atoms with Gasteiger partial charge in [0.15, 0.2) is 12.4 Å². The fraction of sp³-hybridized carbons (Fsp3) is 0.0476. The van der Waals surface area contributed by atoms with Crippen LogP contribution in [0.5, 0.6) is 17.2 Å². The molecule has 0 spiro atoms. The second-order valence-corrected chi connectivity index (χ2v) is 6.95. The van der Waals surface area contributed by atoms with E-state index in [2.05, 4.69) is 15.9 Å². The summed E-state index contributed by atoms with van der Waals surface area (Å²) in [7, 11) is 0. The Bertz CT molecular complexity index is 1100. The zero-order valence-electron chi connectivity index (χ0n) is 15.3. The molecular weight excluding hydrogens is 458 g/mol. The molecule has 0 aliphatic carbocycles. The maximum Gasteiger partial charge on any atom is 0.342 e. The molecule has 0 saturated heterocycles. The number of phenols is 1. The van der Waals surface area contributed by atoms with E-state index >= 15 is 0 Å². The molecule has 0 heterocycles. The van der Waals surface area contributed by atoms with Gasteiger partial charge in [0.1, 0.15) is 22.8 Å². The average Bonchev–Trinajstić information content (AvgIpc) is 2.74. The SMILES string of the molecule is O=C(COC(=O)c1cc(Br)ccc1O)c1ccc(Oc2ccc([N+](=O)[O-])cc2)cc1. The van der Waals surface area contributed by atoms with Gasteiger partial charge in [0.05, 0.1) is 4.92 Å². The number of hydrogen-bond acceptors (Lipinski definition) is 7. The molecule has 3 aromatic carbocycles. The summed E-state index contributed by atoms with van der Waals surface area (Å²) in [6.07, 6.45) is 0. The van der Waals surface area contributed by atoms with E-state index in [-0.39, 0.29) is 17.0 Å². The quantitative estimate of drug-likeness (QED) is 0.225. The number of phenolic OH excluding ortho intramolecular Hbond substituents is 1. The molecule has 0 radical (unpaired) electrons. The van der Waals surface area contributed by atoms with Gasteiger partial charge < -0.3 is 14.6 Å². The lowest BCUT2D eigenvalue weighted by molar-refractivity contribution is -0.384. The number of nitro benzene ring substituents is 1. The number of aromatic hydroxyl groups is 1. The maximum absolute atomic E-state index is 12.2. The Labute approximate surface area is 179 Å². The molecule has 0 saturated carbocycles. The van der Waals surface area contributed by atoms with Crippen LogP contribution in [0.1, 0.15) is 20.7 Å². The highest BCUT2D eigenvalue weighted by molar-refractivity contribution is 9.10. The van der Waals surface area contributed by atoms with Crippen LogP contribution >= 0.6 is 15.9 Å². The Balaban J connectivity index is 1.58. The first-order valence-corrected chi connectivity index (χ1v) is 9.34. The number of carbonyl (C=O) groups excluding carboxylic acids is 2. The van der Waals surface area contributed by atoms with Crippen molar-refractivity contribution in [1.82, 2.24) is 0 Å². The Hall–Kier alpha value is -3.72. The lowest BCUT2D eigenvalue weighted by atomic mass is 10.1. The van der Waals surface area contributed by atoms with Crippen LogP contribution in [0.4, 0.5) is 5.69 Å². The lowest BCUT2D eigenvalue weighted by Crippen LogP contribution is -2.14. The van der Waals surface area contributed by atoms with Crippen molar-refractivity contribution in [1.29, 1.82) is 0 Å². The number of rotatable bonds is 7. The van der Waals surface area contributed by atoms with Gasteiger partial charge in [0.25, 0.3) is 5.69 Å². The summed E-state index contributed by atoms with van der Waals surface area (Å²) in [6.45, 7) is -0.493. The van der Waals surface area contributed by atoms with Gasteiger partial charge in [-0.2, -0.15) is 0 Å². The fourth-order valence-electron chi connectivity index (χ4n) is 2.44. The molecule has 8 nitrogen and oxygen atoms in total. The van der Waals surface area contributed by atoms with Gasteiger partial charge in [-0.15, -0.1) is 0 Å². The van der Waals surface area contributed by atoms with E-state index in [1.54, 1.807) is 18.2 Å². The van der Waals surface area contributed by atoms with Gasteiger partial charge in [0, 0.05) is 22.2 Å². The Morgan fingerprint density at radius 2 is 1.57 bits per heavy atom. The molecule has 0 fully saturated rings. The highest BCUT2D eigenvalue weighted by Gasteiger charge is 2.16. The van der Waals surface area contributed by atoms with Crippen LogP contribution in [-0.4, -0.2) is 28.4 Å². The van der Waals surface area contributed by atoms with E-state index in [0.717, 1.165) is 0 Å². The second kappa shape index (κ2) is 9.19. The van der Waals surface area contributed by atoms with Crippen LogP contribution in [0.3, 0.4) is 0 Å². The number of ketones is 1. The average molecular weight is 472 g/mol. The molecule has 0 aromatic heterocycles. The molecule has 0 amide bonds. The molecule has 0 bridgehead atoms. The van der Waals surface area contributed by atoms with Gasteiger partial charge in [-0.1, -0.05) is 15.9 Å². The first kappa shape index (κ1) is 21.0. The molecule has 0 aliphatic rings.